The summed E-state index contributed by atoms with van der Waals surface area (Å²) in [7, 11) is 4.00. The van der Waals surface area contributed by atoms with Crippen molar-refractivity contribution in [1.29, 1.82) is 0 Å². The maximum absolute atomic E-state index is 12.5. The summed E-state index contributed by atoms with van der Waals surface area (Å²) in [5.74, 6) is 1.11. The van der Waals surface area contributed by atoms with Crippen molar-refractivity contribution < 1.29 is 9.32 Å². The summed E-state index contributed by atoms with van der Waals surface area (Å²) in [6, 6.07) is 16.1. The van der Waals surface area contributed by atoms with Crippen molar-refractivity contribution in [3.8, 4) is 11.5 Å². The van der Waals surface area contributed by atoms with Gasteiger partial charge in [0.15, 0.2) is 5.82 Å². The number of hydrogen-bond donors (Lipinski definition) is 0. The quantitative estimate of drug-likeness (QED) is 0.676. The van der Waals surface area contributed by atoms with Gasteiger partial charge in [-0.3, -0.25) is 4.79 Å². The van der Waals surface area contributed by atoms with Crippen LogP contribution < -0.4 is 9.80 Å². The number of anilines is 2. The SMILES string of the molecule is CCc1ccc(N2CC(c3noc(-c4ccc(N(C)C)cc4)n3)CC2=O)cc1. The molecule has 1 aliphatic rings. The Hall–Kier alpha value is -3.15. The third kappa shape index (κ3) is 3.50. The summed E-state index contributed by atoms with van der Waals surface area (Å²) >= 11 is 0. The van der Waals surface area contributed by atoms with Crippen LogP contribution in [0.15, 0.2) is 53.1 Å². The molecule has 2 heterocycles. The van der Waals surface area contributed by atoms with E-state index >= 15 is 0 Å². The van der Waals surface area contributed by atoms with E-state index in [1.165, 1.54) is 5.56 Å². The second-order valence-corrected chi connectivity index (χ2v) is 7.32. The number of aromatic nitrogens is 2. The van der Waals surface area contributed by atoms with Crippen LogP contribution in [0.2, 0.25) is 0 Å². The molecule has 0 saturated carbocycles. The molecule has 2 aromatic carbocycles. The molecule has 1 aromatic heterocycles. The minimum atomic E-state index is -0.0584. The van der Waals surface area contributed by atoms with Crippen LogP contribution >= 0.6 is 0 Å². The van der Waals surface area contributed by atoms with Crippen LogP contribution in [0.3, 0.4) is 0 Å². The second kappa shape index (κ2) is 7.46. The summed E-state index contributed by atoms with van der Waals surface area (Å²) in [6.45, 7) is 2.69. The highest BCUT2D eigenvalue weighted by Crippen LogP contribution is 2.32. The Morgan fingerprint density at radius 3 is 2.46 bits per heavy atom. The monoisotopic (exact) mass is 376 g/mol. The number of aryl methyl sites for hydroxylation is 1. The topological polar surface area (TPSA) is 62.5 Å². The van der Waals surface area contributed by atoms with E-state index in [0.29, 0.717) is 24.7 Å². The number of benzene rings is 2. The molecular formula is C22H24N4O2. The highest BCUT2D eigenvalue weighted by molar-refractivity contribution is 5.96. The van der Waals surface area contributed by atoms with Gasteiger partial charge in [0.05, 0.1) is 0 Å². The molecule has 1 unspecified atom stereocenters. The maximum Gasteiger partial charge on any atom is 0.257 e. The number of nitrogens with zero attached hydrogens (tertiary/aromatic N) is 4. The van der Waals surface area contributed by atoms with E-state index in [1.54, 1.807) is 0 Å². The molecule has 1 saturated heterocycles. The molecule has 1 atom stereocenters. The molecule has 6 heteroatoms. The summed E-state index contributed by atoms with van der Waals surface area (Å²) in [5, 5.41) is 4.15. The lowest BCUT2D eigenvalue weighted by atomic mass is 10.1. The predicted molar refractivity (Wildman–Crippen MR) is 110 cm³/mol. The van der Waals surface area contributed by atoms with Gasteiger partial charge in [0.1, 0.15) is 0 Å². The zero-order valence-electron chi connectivity index (χ0n) is 16.4. The zero-order chi connectivity index (χ0) is 19.7. The van der Waals surface area contributed by atoms with Crippen molar-refractivity contribution in [2.45, 2.75) is 25.7 Å². The van der Waals surface area contributed by atoms with Crippen LogP contribution in [0, 0.1) is 0 Å². The van der Waals surface area contributed by atoms with Gasteiger partial charge in [-0.05, 0) is 48.4 Å². The molecule has 0 bridgehead atoms. The third-order valence-electron chi connectivity index (χ3n) is 5.22. The minimum Gasteiger partial charge on any atom is -0.378 e. The van der Waals surface area contributed by atoms with Crippen LogP contribution in [-0.2, 0) is 11.2 Å². The van der Waals surface area contributed by atoms with Gasteiger partial charge in [-0.15, -0.1) is 0 Å². The lowest BCUT2D eigenvalue weighted by molar-refractivity contribution is -0.117. The number of carbonyl (C=O) groups is 1. The van der Waals surface area contributed by atoms with E-state index < -0.39 is 0 Å². The molecule has 0 N–H and O–H groups in total. The van der Waals surface area contributed by atoms with E-state index in [9.17, 15) is 4.79 Å². The maximum atomic E-state index is 12.5. The van der Waals surface area contributed by atoms with Crippen LogP contribution in [-0.4, -0.2) is 36.7 Å². The van der Waals surface area contributed by atoms with Gasteiger partial charge in [-0.2, -0.15) is 4.98 Å². The first-order chi connectivity index (χ1) is 13.5. The Kier molecular flexibility index (Phi) is 4.86. The molecule has 144 valence electrons. The van der Waals surface area contributed by atoms with Crippen molar-refractivity contribution in [2.75, 3.05) is 30.4 Å². The van der Waals surface area contributed by atoms with Crippen molar-refractivity contribution in [1.82, 2.24) is 10.1 Å². The van der Waals surface area contributed by atoms with Gasteiger partial charge in [-0.25, -0.2) is 0 Å². The van der Waals surface area contributed by atoms with Crippen molar-refractivity contribution >= 4 is 17.3 Å². The summed E-state index contributed by atoms with van der Waals surface area (Å²) in [6.07, 6.45) is 1.38. The standard InChI is InChI=1S/C22H24N4O2/c1-4-15-5-9-19(10-6-15)26-14-17(13-20(26)27)21-23-22(28-24-21)16-7-11-18(12-8-16)25(2)3/h5-12,17H,4,13-14H2,1-3H3. The number of amides is 1. The van der Waals surface area contributed by atoms with Gasteiger partial charge >= 0.3 is 0 Å². The van der Waals surface area contributed by atoms with Crippen molar-refractivity contribution in [2.24, 2.45) is 0 Å². The van der Waals surface area contributed by atoms with Crippen LogP contribution in [0.1, 0.15) is 30.7 Å². The first-order valence-electron chi connectivity index (χ1n) is 9.56. The Morgan fingerprint density at radius 2 is 1.82 bits per heavy atom. The Morgan fingerprint density at radius 1 is 1.11 bits per heavy atom. The number of hydrogen-bond acceptors (Lipinski definition) is 5. The molecule has 28 heavy (non-hydrogen) atoms. The molecule has 1 fully saturated rings. The fourth-order valence-electron chi connectivity index (χ4n) is 3.46. The van der Waals surface area contributed by atoms with E-state index in [0.717, 1.165) is 23.4 Å². The van der Waals surface area contributed by atoms with Gasteiger partial charge in [-0.1, -0.05) is 24.2 Å². The van der Waals surface area contributed by atoms with Gasteiger partial charge in [0.25, 0.3) is 5.89 Å². The molecule has 4 rings (SSSR count). The largest absolute Gasteiger partial charge is 0.378 e. The molecule has 6 nitrogen and oxygen atoms in total. The summed E-state index contributed by atoms with van der Waals surface area (Å²) in [4.78, 5) is 20.9. The highest BCUT2D eigenvalue weighted by Gasteiger charge is 2.34. The molecular weight excluding hydrogens is 352 g/mol. The van der Waals surface area contributed by atoms with E-state index in [2.05, 4.69) is 29.2 Å². The van der Waals surface area contributed by atoms with Crippen LogP contribution in [0.5, 0.6) is 0 Å². The van der Waals surface area contributed by atoms with E-state index in [1.807, 2.05) is 60.3 Å². The number of carbonyl (C=O) groups excluding carboxylic acids is 1. The Balaban J connectivity index is 1.50. The minimum absolute atomic E-state index is 0.0584. The highest BCUT2D eigenvalue weighted by atomic mass is 16.5. The first kappa shape index (κ1) is 18.2. The molecule has 0 spiro atoms. The van der Waals surface area contributed by atoms with Gasteiger partial charge < -0.3 is 14.3 Å². The second-order valence-electron chi connectivity index (χ2n) is 7.32. The fraction of sp³-hybridized carbons (Fsp3) is 0.318. The summed E-state index contributed by atoms with van der Waals surface area (Å²) in [5.41, 5.74) is 4.16. The van der Waals surface area contributed by atoms with Crippen LogP contribution in [0.4, 0.5) is 11.4 Å². The molecule has 0 aliphatic carbocycles. The lowest BCUT2D eigenvalue weighted by Gasteiger charge is -2.16. The molecule has 0 radical (unpaired) electrons. The smallest absolute Gasteiger partial charge is 0.257 e. The predicted octanol–water partition coefficient (Wildman–Crippen LogP) is 3.89. The number of rotatable bonds is 5. The Bertz CT molecular complexity index is 961. The Labute approximate surface area is 164 Å². The normalized spacial score (nSPS) is 16.6. The van der Waals surface area contributed by atoms with E-state index in [4.69, 9.17) is 4.52 Å². The van der Waals surface area contributed by atoms with Gasteiger partial charge in [0, 0.05) is 49.9 Å². The first-order valence-corrected chi connectivity index (χ1v) is 9.56. The van der Waals surface area contributed by atoms with E-state index in [-0.39, 0.29) is 11.8 Å². The molecule has 3 aromatic rings. The average Bonchev–Trinajstić information content (AvgIpc) is 3.35. The summed E-state index contributed by atoms with van der Waals surface area (Å²) < 4.78 is 5.47. The molecule has 1 aliphatic heterocycles. The molecule has 1 amide bonds. The average molecular weight is 376 g/mol. The zero-order valence-corrected chi connectivity index (χ0v) is 16.4. The fourth-order valence-corrected chi connectivity index (χ4v) is 3.46. The van der Waals surface area contributed by atoms with Gasteiger partial charge in [0.2, 0.25) is 5.91 Å². The third-order valence-corrected chi connectivity index (χ3v) is 5.22. The van der Waals surface area contributed by atoms with Crippen LogP contribution in [0.25, 0.3) is 11.5 Å². The van der Waals surface area contributed by atoms with Crippen molar-refractivity contribution in [3.63, 3.8) is 0 Å². The lowest BCUT2D eigenvalue weighted by Crippen LogP contribution is -2.24. The van der Waals surface area contributed by atoms with Crippen molar-refractivity contribution in [3.05, 3.63) is 59.9 Å².